The molecule has 1 atom stereocenters. The van der Waals surface area contributed by atoms with Crippen LogP contribution in [-0.2, 0) is 6.54 Å². The maximum Gasteiger partial charge on any atom is 0.0634 e. The zero-order valence-corrected chi connectivity index (χ0v) is 13.5. The lowest BCUT2D eigenvalue weighted by Crippen LogP contribution is -2.38. The van der Waals surface area contributed by atoms with Crippen molar-refractivity contribution in [2.75, 3.05) is 26.7 Å². The van der Waals surface area contributed by atoms with Gasteiger partial charge in [-0.3, -0.25) is 9.88 Å². The Bertz CT molecular complexity index is 361. The average Bonchev–Trinajstić information content (AvgIpc) is 2.33. The Balaban J connectivity index is 0.00000162. The van der Waals surface area contributed by atoms with Crippen molar-refractivity contribution < 1.29 is 0 Å². The maximum absolute atomic E-state index is 6.14. The fourth-order valence-electron chi connectivity index (χ4n) is 2.52. The van der Waals surface area contributed by atoms with E-state index in [-0.39, 0.29) is 24.8 Å². The van der Waals surface area contributed by atoms with Crippen molar-refractivity contribution >= 4 is 36.4 Å². The van der Waals surface area contributed by atoms with E-state index in [0.29, 0.717) is 0 Å². The van der Waals surface area contributed by atoms with E-state index in [9.17, 15) is 0 Å². The topological polar surface area (TPSA) is 28.2 Å². The predicted octanol–water partition coefficient (Wildman–Crippen LogP) is 3.01. The van der Waals surface area contributed by atoms with Crippen molar-refractivity contribution in [2.24, 2.45) is 5.92 Å². The van der Waals surface area contributed by atoms with Crippen LogP contribution in [0.5, 0.6) is 0 Å². The number of hydrogen-bond donors (Lipinski definition) is 1. The van der Waals surface area contributed by atoms with Gasteiger partial charge in [-0.2, -0.15) is 0 Å². The molecule has 1 saturated heterocycles. The summed E-state index contributed by atoms with van der Waals surface area (Å²) in [5.74, 6) is 0.773. The fraction of sp³-hybridized carbons (Fsp3) is 0.615. The molecule has 0 aromatic carbocycles. The smallest absolute Gasteiger partial charge is 0.0634 e. The first kappa shape index (κ1) is 18.9. The summed E-state index contributed by atoms with van der Waals surface area (Å²) >= 11 is 6.14. The Morgan fingerprint density at radius 2 is 2.26 bits per heavy atom. The van der Waals surface area contributed by atoms with Gasteiger partial charge in [0.2, 0.25) is 0 Å². The maximum atomic E-state index is 6.14. The van der Waals surface area contributed by atoms with Gasteiger partial charge < -0.3 is 5.32 Å². The van der Waals surface area contributed by atoms with E-state index in [1.807, 2.05) is 19.3 Å². The summed E-state index contributed by atoms with van der Waals surface area (Å²) in [6.07, 6.45) is 6.17. The van der Waals surface area contributed by atoms with Crippen molar-refractivity contribution in [1.29, 1.82) is 0 Å². The molecule has 110 valence electrons. The molecular formula is C13H22Cl3N3. The van der Waals surface area contributed by atoms with Crippen LogP contribution >= 0.6 is 36.4 Å². The first-order valence-electron chi connectivity index (χ1n) is 6.25. The van der Waals surface area contributed by atoms with E-state index < -0.39 is 0 Å². The summed E-state index contributed by atoms with van der Waals surface area (Å²) in [5, 5.41) is 4.05. The molecule has 1 unspecified atom stereocenters. The molecule has 0 amide bonds. The zero-order valence-electron chi connectivity index (χ0n) is 11.1. The molecule has 6 heteroatoms. The van der Waals surface area contributed by atoms with E-state index in [1.165, 1.54) is 31.5 Å². The van der Waals surface area contributed by atoms with Crippen LogP contribution in [0, 0.1) is 5.92 Å². The predicted molar refractivity (Wildman–Crippen MR) is 85.7 cm³/mol. The molecule has 2 heterocycles. The number of pyridine rings is 1. The lowest BCUT2D eigenvalue weighted by molar-refractivity contribution is 0.167. The number of hydrogen-bond acceptors (Lipinski definition) is 3. The lowest BCUT2D eigenvalue weighted by atomic mass is 9.97. The Hall–Kier alpha value is -0.0600. The molecule has 2 rings (SSSR count). The minimum atomic E-state index is 0. The van der Waals surface area contributed by atoms with E-state index in [2.05, 4.69) is 15.2 Å². The molecular weight excluding hydrogens is 305 g/mol. The van der Waals surface area contributed by atoms with Crippen LogP contribution in [-0.4, -0.2) is 36.6 Å². The molecule has 3 nitrogen and oxygen atoms in total. The van der Waals surface area contributed by atoms with E-state index in [0.717, 1.165) is 24.0 Å². The van der Waals surface area contributed by atoms with Crippen LogP contribution in [0.25, 0.3) is 0 Å². The Morgan fingerprint density at radius 1 is 1.47 bits per heavy atom. The molecule has 1 aromatic rings. The van der Waals surface area contributed by atoms with Crippen LogP contribution in [0.15, 0.2) is 18.5 Å². The first-order chi connectivity index (χ1) is 8.29. The quantitative estimate of drug-likeness (QED) is 0.922. The average molecular weight is 327 g/mol. The molecule has 1 aliphatic rings. The largest absolute Gasteiger partial charge is 0.319 e. The van der Waals surface area contributed by atoms with Gasteiger partial charge in [0.05, 0.1) is 5.02 Å². The molecule has 0 bridgehead atoms. The number of rotatable bonds is 4. The summed E-state index contributed by atoms with van der Waals surface area (Å²) < 4.78 is 0. The summed E-state index contributed by atoms with van der Waals surface area (Å²) in [6.45, 7) is 4.40. The van der Waals surface area contributed by atoms with Crippen molar-refractivity contribution in [3.05, 3.63) is 29.0 Å². The third-order valence-electron chi connectivity index (χ3n) is 3.35. The van der Waals surface area contributed by atoms with Crippen molar-refractivity contribution in [3.63, 3.8) is 0 Å². The van der Waals surface area contributed by atoms with Gasteiger partial charge in [-0.15, -0.1) is 24.8 Å². The van der Waals surface area contributed by atoms with Gasteiger partial charge in [-0.25, -0.2) is 0 Å². The van der Waals surface area contributed by atoms with Crippen molar-refractivity contribution in [3.8, 4) is 0 Å². The normalized spacial score (nSPS) is 19.4. The second-order valence-electron chi connectivity index (χ2n) is 4.77. The molecule has 0 saturated carbocycles. The minimum Gasteiger partial charge on any atom is -0.319 e. The van der Waals surface area contributed by atoms with Crippen LogP contribution in [0.3, 0.4) is 0 Å². The summed E-state index contributed by atoms with van der Waals surface area (Å²) in [6, 6.07) is 2.02. The first-order valence-corrected chi connectivity index (χ1v) is 6.62. The van der Waals surface area contributed by atoms with E-state index in [1.54, 1.807) is 6.20 Å². The lowest BCUT2D eigenvalue weighted by Gasteiger charge is -2.32. The Labute approximate surface area is 132 Å². The van der Waals surface area contributed by atoms with Crippen molar-refractivity contribution in [2.45, 2.75) is 19.4 Å². The molecule has 1 N–H and O–H groups in total. The number of nitrogens with zero attached hydrogens (tertiary/aromatic N) is 2. The highest BCUT2D eigenvalue weighted by Gasteiger charge is 2.19. The van der Waals surface area contributed by atoms with E-state index >= 15 is 0 Å². The highest BCUT2D eigenvalue weighted by atomic mass is 35.5. The third-order valence-corrected chi connectivity index (χ3v) is 3.69. The van der Waals surface area contributed by atoms with Gasteiger partial charge in [-0.05, 0) is 50.5 Å². The number of nitrogens with one attached hydrogen (secondary N) is 1. The second kappa shape index (κ2) is 9.78. The van der Waals surface area contributed by atoms with Gasteiger partial charge >= 0.3 is 0 Å². The number of piperidine rings is 1. The zero-order chi connectivity index (χ0) is 12.1. The minimum absolute atomic E-state index is 0. The standard InChI is InChI=1S/C13H20ClN3.2ClH/c1-15-7-11-3-2-6-17(9-11)10-12-4-5-16-8-13(12)14;;/h4-5,8,11,15H,2-3,6-7,9-10H2,1H3;2*1H. The fourth-order valence-corrected chi connectivity index (χ4v) is 2.70. The summed E-state index contributed by atoms with van der Waals surface area (Å²) in [7, 11) is 2.03. The second-order valence-corrected chi connectivity index (χ2v) is 5.18. The third kappa shape index (κ3) is 5.84. The number of aromatic nitrogens is 1. The summed E-state index contributed by atoms with van der Waals surface area (Å²) in [4.78, 5) is 6.51. The van der Waals surface area contributed by atoms with Crippen molar-refractivity contribution in [1.82, 2.24) is 15.2 Å². The van der Waals surface area contributed by atoms with Gasteiger partial charge in [0.1, 0.15) is 0 Å². The van der Waals surface area contributed by atoms with E-state index in [4.69, 9.17) is 11.6 Å². The van der Waals surface area contributed by atoms with Crippen LogP contribution in [0.4, 0.5) is 0 Å². The monoisotopic (exact) mass is 325 g/mol. The molecule has 19 heavy (non-hydrogen) atoms. The van der Waals surface area contributed by atoms with Gasteiger partial charge in [0.25, 0.3) is 0 Å². The molecule has 0 radical (unpaired) electrons. The Morgan fingerprint density at radius 3 is 2.95 bits per heavy atom. The molecule has 0 aliphatic carbocycles. The number of likely N-dealkylation sites (tertiary alicyclic amines) is 1. The molecule has 0 spiro atoms. The van der Waals surface area contributed by atoms with Gasteiger partial charge in [0.15, 0.2) is 0 Å². The molecule has 1 aliphatic heterocycles. The van der Waals surface area contributed by atoms with Crippen LogP contribution < -0.4 is 5.32 Å². The number of halogens is 3. The highest BCUT2D eigenvalue weighted by molar-refractivity contribution is 6.31. The SMILES string of the molecule is CNCC1CCCN(Cc2ccncc2Cl)C1.Cl.Cl. The van der Waals surface area contributed by atoms with Gasteiger partial charge in [-0.1, -0.05) is 11.6 Å². The highest BCUT2D eigenvalue weighted by Crippen LogP contribution is 2.21. The van der Waals surface area contributed by atoms with Crippen LogP contribution in [0.1, 0.15) is 18.4 Å². The Kier molecular flexibility index (Phi) is 9.75. The molecule has 1 fully saturated rings. The van der Waals surface area contributed by atoms with Gasteiger partial charge in [0, 0.05) is 25.5 Å². The van der Waals surface area contributed by atoms with Crippen LogP contribution in [0.2, 0.25) is 5.02 Å². The molecule has 1 aromatic heterocycles. The summed E-state index contributed by atoms with van der Waals surface area (Å²) in [5.41, 5.74) is 1.19.